The van der Waals surface area contributed by atoms with Gasteiger partial charge in [0.25, 0.3) is 0 Å². The van der Waals surface area contributed by atoms with Gasteiger partial charge in [-0.15, -0.1) is 0 Å². The molecular formula is C17H31N3O2S. The lowest BCUT2D eigenvalue weighted by molar-refractivity contribution is 0.428. The summed E-state index contributed by atoms with van der Waals surface area (Å²) >= 11 is 0. The highest BCUT2D eigenvalue weighted by Gasteiger charge is 2.37. The zero-order valence-electron chi connectivity index (χ0n) is 14.5. The first-order valence-electron chi connectivity index (χ1n) is 9.16. The van der Waals surface area contributed by atoms with Gasteiger partial charge in [0, 0.05) is 26.2 Å². The third-order valence-electron chi connectivity index (χ3n) is 5.29. The van der Waals surface area contributed by atoms with Crippen molar-refractivity contribution in [1.82, 2.24) is 10.2 Å². The first kappa shape index (κ1) is 17.1. The SMILES string of the molecule is CC(C)CN=C(NCC1CCS(=O)(=O)C1)N1CCC(C2CC2)C1. The largest absolute Gasteiger partial charge is 0.356 e. The lowest BCUT2D eigenvalue weighted by atomic mass is 10.0. The number of hydrogen-bond donors (Lipinski definition) is 1. The van der Waals surface area contributed by atoms with Crippen molar-refractivity contribution >= 4 is 15.8 Å². The Kier molecular flexibility index (Phi) is 5.19. The van der Waals surface area contributed by atoms with Crippen LogP contribution >= 0.6 is 0 Å². The van der Waals surface area contributed by atoms with E-state index in [2.05, 4.69) is 24.1 Å². The number of nitrogens with one attached hydrogen (secondary N) is 1. The summed E-state index contributed by atoms with van der Waals surface area (Å²) in [5.41, 5.74) is 0. The number of guanidine groups is 1. The summed E-state index contributed by atoms with van der Waals surface area (Å²) in [6, 6.07) is 0. The maximum atomic E-state index is 11.6. The Bertz CT molecular complexity index is 540. The Morgan fingerprint density at radius 3 is 2.61 bits per heavy atom. The van der Waals surface area contributed by atoms with Gasteiger partial charge in [-0.05, 0) is 49.4 Å². The molecule has 132 valence electrons. The fourth-order valence-electron chi connectivity index (χ4n) is 3.74. The van der Waals surface area contributed by atoms with Crippen LogP contribution in [-0.2, 0) is 9.84 Å². The minimum Gasteiger partial charge on any atom is -0.356 e. The number of likely N-dealkylation sites (tertiary alicyclic amines) is 1. The molecule has 0 spiro atoms. The minimum absolute atomic E-state index is 0.242. The van der Waals surface area contributed by atoms with Gasteiger partial charge >= 0.3 is 0 Å². The number of rotatable bonds is 5. The van der Waals surface area contributed by atoms with E-state index in [4.69, 9.17) is 4.99 Å². The lowest BCUT2D eigenvalue weighted by Crippen LogP contribution is -2.42. The number of hydrogen-bond acceptors (Lipinski definition) is 3. The normalized spacial score (nSPS) is 31.1. The predicted molar refractivity (Wildman–Crippen MR) is 94.3 cm³/mol. The van der Waals surface area contributed by atoms with Gasteiger partial charge in [-0.1, -0.05) is 13.8 Å². The Morgan fingerprint density at radius 1 is 1.22 bits per heavy atom. The summed E-state index contributed by atoms with van der Waals surface area (Å²) in [5.74, 6) is 4.27. The lowest BCUT2D eigenvalue weighted by Gasteiger charge is -2.24. The molecule has 5 nitrogen and oxygen atoms in total. The van der Waals surface area contributed by atoms with E-state index >= 15 is 0 Å². The zero-order valence-corrected chi connectivity index (χ0v) is 15.3. The molecule has 0 aromatic rings. The molecule has 2 aliphatic heterocycles. The van der Waals surface area contributed by atoms with E-state index in [1.54, 1.807) is 0 Å². The highest BCUT2D eigenvalue weighted by atomic mass is 32.2. The summed E-state index contributed by atoms with van der Waals surface area (Å²) in [6.45, 7) is 8.14. The highest BCUT2D eigenvalue weighted by Crippen LogP contribution is 2.41. The van der Waals surface area contributed by atoms with Crippen molar-refractivity contribution in [3.05, 3.63) is 0 Å². The van der Waals surface area contributed by atoms with Crippen molar-refractivity contribution in [1.29, 1.82) is 0 Å². The topological polar surface area (TPSA) is 61.8 Å². The van der Waals surface area contributed by atoms with Crippen molar-refractivity contribution in [2.24, 2.45) is 28.7 Å². The fourth-order valence-corrected chi connectivity index (χ4v) is 5.60. The van der Waals surface area contributed by atoms with Crippen LogP contribution in [0.15, 0.2) is 4.99 Å². The zero-order chi connectivity index (χ0) is 16.4. The molecule has 2 unspecified atom stereocenters. The number of sulfone groups is 1. The Morgan fingerprint density at radius 2 is 2.00 bits per heavy atom. The van der Waals surface area contributed by atoms with Gasteiger partial charge < -0.3 is 10.2 Å². The maximum Gasteiger partial charge on any atom is 0.193 e. The van der Waals surface area contributed by atoms with Crippen LogP contribution in [0.5, 0.6) is 0 Å². The van der Waals surface area contributed by atoms with Gasteiger partial charge in [0.2, 0.25) is 0 Å². The fraction of sp³-hybridized carbons (Fsp3) is 0.941. The van der Waals surface area contributed by atoms with Crippen LogP contribution in [0.2, 0.25) is 0 Å². The van der Waals surface area contributed by atoms with E-state index in [0.717, 1.165) is 50.4 Å². The first-order chi connectivity index (χ1) is 10.9. The number of nitrogens with zero attached hydrogens (tertiary/aromatic N) is 2. The van der Waals surface area contributed by atoms with Crippen molar-refractivity contribution < 1.29 is 8.42 Å². The van der Waals surface area contributed by atoms with Crippen LogP contribution in [0.25, 0.3) is 0 Å². The van der Waals surface area contributed by atoms with E-state index in [1.807, 2.05) is 0 Å². The third-order valence-corrected chi connectivity index (χ3v) is 7.13. The van der Waals surface area contributed by atoms with E-state index in [1.165, 1.54) is 19.3 Å². The van der Waals surface area contributed by atoms with Gasteiger partial charge in [0.1, 0.15) is 0 Å². The summed E-state index contributed by atoms with van der Waals surface area (Å²) in [6.07, 6.45) is 4.89. The van der Waals surface area contributed by atoms with Crippen molar-refractivity contribution in [2.75, 3.05) is 37.7 Å². The average Bonchev–Trinajstić information content (AvgIpc) is 3.11. The first-order valence-corrected chi connectivity index (χ1v) is 11.0. The smallest absolute Gasteiger partial charge is 0.193 e. The number of aliphatic imine (C=N–C) groups is 1. The van der Waals surface area contributed by atoms with Crippen LogP contribution in [0.1, 0.15) is 39.5 Å². The van der Waals surface area contributed by atoms with Crippen molar-refractivity contribution in [3.63, 3.8) is 0 Å². The molecule has 3 aliphatic rings. The summed E-state index contributed by atoms with van der Waals surface area (Å²) in [4.78, 5) is 7.20. The van der Waals surface area contributed by atoms with Crippen LogP contribution in [-0.4, -0.2) is 57.0 Å². The third kappa shape index (κ3) is 4.85. The summed E-state index contributed by atoms with van der Waals surface area (Å²) in [7, 11) is -2.79. The summed E-state index contributed by atoms with van der Waals surface area (Å²) in [5, 5.41) is 3.49. The Balaban J connectivity index is 1.56. The van der Waals surface area contributed by atoms with Crippen LogP contribution < -0.4 is 5.32 Å². The van der Waals surface area contributed by atoms with Crippen molar-refractivity contribution in [3.8, 4) is 0 Å². The second-order valence-electron chi connectivity index (χ2n) is 8.04. The van der Waals surface area contributed by atoms with E-state index in [9.17, 15) is 8.42 Å². The average molecular weight is 342 g/mol. The molecule has 0 bridgehead atoms. The quantitative estimate of drug-likeness (QED) is 0.611. The molecule has 2 saturated heterocycles. The molecule has 3 rings (SSSR count). The molecule has 3 fully saturated rings. The van der Waals surface area contributed by atoms with E-state index in [0.29, 0.717) is 17.4 Å². The molecular weight excluding hydrogens is 310 g/mol. The Labute approximate surface area is 140 Å². The molecule has 1 aliphatic carbocycles. The molecule has 1 N–H and O–H groups in total. The van der Waals surface area contributed by atoms with E-state index < -0.39 is 9.84 Å². The van der Waals surface area contributed by atoms with Crippen molar-refractivity contribution in [2.45, 2.75) is 39.5 Å². The minimum atomic E-state index is -2.79. The maximum absolute atomic E-state index is 11.6. The second kappa shape index (κ2) is 6.99. The molecule has 0 aromatic carbocycles. The molecule has 1 saturated carbocycles. The molecule has 0 amide bonds. The predicted octanol–water partition coefficient (Wildman–Crippen LogP) is 1.75. The van der Waals surface area contributed by atoms with Gasteiger partial charge in [0.05, 0.1) is 11.5 Å². The molecule has 23 heavy (non-hydrogen) atoms. The Hall–Kier alpha value is -0.780. The molecule has 0 aromatic heterocycles. The molecule has 6 heteroatoms. The van der Waals surface area contributed by atoms with Crippen LogP contribution in [0.4, 0.5) is 0 Å². The second-order valence-corrected chi connectivity index (χ2v) is 10.3. The monoisotopic (exact) mass is 341 g/mol. The molecule has 0 radical (unpaired) electrons. The molecule has 2 atom stereocenters. The van der Waals surface area contributed by atoms with Gasteiger partial charge in [-0.3, -0.25) is 4.99 Å². The van der Waals surface area contributed by atoms with Gasteiger partial charge in [-0.2, -0.15) is 0 Å². The standard InChI is InChI=1S/C17H31N3O2S/c1-13(2)9-18-17(19-10-14-6-8-23(21,22)12-14)20-7-5-16(11-20)15-3-4-15/h13-16H,3-12H2,1-2H3,(H,18,19). The van der Waals surface area contributed by atoms with Gasteiger partial charge in [-0.25, -0.2) is 8.42 Å². The molecule has 2 heterocycles. The van der Waals surface area contributed by atoms with E-state index in [-0.39, 0.29) is 5.92 Å². The van der Waals surface area contributed by atoms with Gasteiger partial charge in [0.15, 0.2) is 15.8 Å². The summed E-state index contributed by atoms with van der Waals surface area (Å²) < 4.78 is 23.2. The van der Waals surface area contributed by atoms with Crippen LogP contribution in [0.3, 0.4) is 0 Å². The highest BCUT2D eigenvalue weighted by molar-refractivity contribution is 7.91. The van der Waals surface area contributed by atoms with Crippen LogP contribution in [0, 0.1) is 23.7 Å².